The smallest absolute Gasteiger partial charge is 0.123 e. The summed E-state index contributed by atoms with van der Waals surface area (Å²) >= 11 is 0. The summed E-state index contributed by atoms with van der Waals surface area (Å²) in [5.41, 5.74) is 10.1. The quantitative estimate of drug-likeness (QED) is 0.264. The molecule has 0 saturated carbocycles. The molecule has 142 valence electrons. The number of nitrogens with two attached hydrogens (primary N) is 1. The van der Waals surface area contributed by atoms with Crippen LogP contribution in [-0.4, -0.2) is 10.4 Å². The van der Waals surface area contributed by atoms with Crippen LogP contribution in [-0.2, 0) is 0 Å². The van der Waals surface area contributed by atoms with Gasteiger partial charge in [0.2, 0.25) is 0 Å². The van der Waals surface area contributed by atoms with E-state index in [1.54, 1.807) is 0 Å². The van der Waals surface area contributed by atoms with Crippen molar-refractivity contribution >= 4 is 49.2 Å². The van der Waals surface area contributed by atoms with Crippen molar-refractivity contribution in [3.05, 3.63) is 103 Å². The molecule has 0 saturated heterocycles. The minimum absolute atomic E-state index is 0.0889. The van der Waals surface area contributed by atoms with Crippen LogP contribution >= 0.6 is 0 Å². The molecule has 0 aliphatic heterocycles. The molecule has 30 heavy (non-hydrogen) atoms. The van der Waals surface area contributed by atoms with E-state index in [1.165, 1.54) is 32.6 Å². The van der Waals surface area contributed by atoms with Crippen molar-refractivity contribution in [1.82, 2.24) is 4.57 Å². The SMILES string of the molecule is N=C(N)c1ccc(-n2c3ccccc3c3cc4ccccc4cc32)c2ccccc12. The van der Waals surface area contributed by atoms with E-state index in [9.17, 15) is 0 Å². The fourth-order valence-corrected chi connectivity index (χ4v) is 4.63. The molecule has 0 unspecified atom stereocenters. The highest BCUT2D eigenvalue weighted by molar-refractivity contribution is 6.15. The first-order valence-electron chi connectivity index (χ1n) is 10.0. The first kappa shape index (κ1) is 16.8. The number of benzene rings is 5. The van der Waals surface area contributed by atoms with Gasteiger partial charge in [0.1, 0.15) is 5.84 Å². The van der Waals surface area contributed by atoms with Crippen molar-refractivity contribution in [3.63, 3.8) is 0 Å². The van der Waals surface area contributed by atoms with Crippen LogP contribution in [0.4, 0.5) is 0 Å². The van der Waals surface area contributed by atoms with Gasteiger partial charge in [0.05, 0.1) is 16.7 Å². The molecule has 3 heteroatoms. The maximum Gasteiger partial charge on any atom is 0.123 e. The molecule has 3 nitrogen and oxygen atoms in total. The topological polar surface area (TPSA) is 54.8 Å². The van der Waals surface area contributed by atoms with Crippen LogP contribution in [0.2, 0.25) is 0 Å². The Morgan fingerprint density at radius 3 is 2.00 bits per heavy atom. The number of hydrogen-bond acceptors (Lipinski definition) is 1. The Morgan fingerprint density at radius 2 is 1.23 bits per heavy atom. The summed E-state index contributed by atoms with van der Waals surface area (Å²) < 4.78 is 2.34. The first-order chi connectivity index (χ1) is 14.7. The van der Waals surface area contributed by atoms with Gasteiger partial charge in [0.25, 0.3) is 0 Å². The molecule has 3 N–H and O–H groups in total. The molecule has 0 spiro atoms. The molecule has 0 radical (unpaired) electrons. The zero-order chi connectivity index (χ0) is 20.2. The molecule has 6 rings (SSSR count). The number of nitrogen functional groups attached to an aromatic ring is 1. The minimum Gasteiger partial charge on any atom is -0.384 e. The van der Waals surface area contributed by atoms with Crippen LogP contribution in [0, 0.1) is 5.41 Å². The Labute approximate surface area is 173 Å². The van der Waals surface area contributed by atoms with Gasteiger partial charge in [-0.2, -0.15) is 0 Å². The van der Waals surface area contributed by atoms with Crippen LogP contribution in [0.3, 0.4) is 0 Å². The second-order valence-corrected chi connectivity index (χ2v) is 7.66. The Bertz CT molecular complexity index is 1620. The molecule has 0 aliphatic rings. The zero-order valence-corrected chi connectivity index (χ0v) is 16.3. The summed E-state index contributed by atoms with van der Waals surface area (Å²) in [4.78, 5) is 0. The lowest BCUT2D eigenvalue weighted by Crippen LogP contribution is -2.12. The molecule has 6 aromatic rings. The van der Waals surface area contributed by atoms with Gasteiger partial charge in [0, 0.05) is 21.7 Å². The van der Waals surface area contributed by atoms with Crippen molar-refractivity contribution in [1.29, 1.82) is 5.41 Å². The lowest BCUT2D eigenvalue weighted by molar-refractivity contribution is 1.20. The Morgan fingerprint density at radius 1 is 0.600 bits per heavy atom. The van der Waals surface area contributed by atoms with Gasteiger partial charge < -0.3 is 10.3 Å². The lowest BCUT2D eigenvalue weighted by Gasteiger charge is -2.14. The molecule has 0 atom stereocenters. The second-order valence-electron chi connectivity index (χ2n) is 7.66. The van der Waals surface area contributed by atoms with Gasteiger partial charge in [-0.05, 0) is 46.5 Å². The third kappa shape index (κ3) is 2.29. The molecular formula is C27H19N3. The van der Waals surface area contributed by atoms with Crippen LogP contribution in [0.5, 0.6) is 0 Å². The van der Waals surface area contributed by atoms with E-state index in [1.807, 2.05) is 24.3 Å². The third-order valence-corrected chi connectivity index (χ3v) is 5.97. The molecule has 0 amide bonds. The molecule has 1 aromatic heterocycles. The first-order valence-corrected chi connectivity index (χ1v) is 10.0. The number of nitrogens with zero attached hydrogens (tertiary/aromatic N) is 1. The van der Waals surface area contributed by atoms with Gasteiger partial charge in [-0.3, -0.25) is 5.41 Å². The summed E-state index contributed by atoms with van der Waals surface area (Å²) in [6.07, 6.45) is 0. The van der Waals surface area contributed by atoms with Gasteiger partial charge >= 0.3 is 0 Å². The average molecular weight is 385 g/mol. The van der Waals surface area contributed by atoms with Crippen LogP contribution in [0.25, 0.3) is 49.0 Å². The van der Waals surface area contributed by atoms with Gasteiger partial charge in [-0.15, -0.1) is 0 Å². The summed E-state index contributed by atoms with van der Waals surface area (Å²) in [5.74, 6) is 0.0889. The minimum atomic E-state index is 0.0889. The van der Waals surface area contributed by atoms with Gasteiger partial charge in [0.15, 0.2) is 0 Å². The monoisotopic (exact) mass is 385 g/mol. The lowest BCUT2D eigenvalue weighted by atomic mass is 10.0. The summed E-state index contributed by atoms with van der Waals surface area (Å²) in [7, 11) is 0. The molecule has 0 bridgehead atoms. The van der Waals surface area contributed by atoms with Crippen LogP contribution < -0.4 is 5.73 Å². The second kappa shape index (κ2) is 6.19. The maximum absolute atomic E-state index is 7.99. The van der Waals surface area contributed by atoms with E-state index in [-0.39, 0.29) is 5.84 Å². The summed E-state index contributed by atoms with van der Waals surface area (Å²) in [6.45, 7) is 0. The van der Waals surface area contributed by atoms with Crippen molar-refractivity contribution in [2.45, 2.75) is 0 Å². The highest BCUT2D eigenvalue weighted by Gasteiger charge is 2.16. The van der Waals surface area contributed by atoms with Crippen LogP contribution in [0.1, 0.15) is 5.56 Å². The number of para-hydroxylation sites is 1. The molecular weight excluding hydrogens is 366 g/mol. The Hall–Kier alpha value is -4.11. The normalized spacial score (nSPS) is 11.6. The predicted octanol–water partition coefficient (Wildman–Crippen LogP) is 6.37. The zero-order valence-electron chi connectivity index (χ0n) is 16.3. The van der Waals surface area contributed by atoms with E-state index < -0.39 is 0 Å². The molecule has 5 aromatic carbocycles. The Kier molecular flexibility index (Phi) is 3.47. The molecule has 1 heterocycles. The van der Waals surface area contributed by atoms with Crippen molar-refractivity contribution in [3.8, 4) is 5.69 Å². The largest absolute Gasteiger partial charge is 0.384 e. The van der Waals surface area contributed by atoms with Crippen molar-refractivity contribution < 1.29 is 0 Å². The third-order valence-electron chi connectivity index (χ3n) is 5.97. The average Bonchev–Trinajstić information content (AvgIpc) is 3.10. The number of rotatable bonds is 2. The van der Waals surface area contributed by atoms with E-state index >= 15 is 0 Å². The van der Waals surface area contributed by atoms with Crippen LogP contribution in [0.15, 0.2) is 97.1 Å². The highest BCUT2D eigenvalue weighted by atomic mass is 15.0. The number of nitrogens with one attached hydrogen (secondary N) is 1. The maximum atomic E-state index is 7.99. The standard InChI is InChI=1S/C27H19N3/c28-27(29)22-13-14-25(20-10-4-3-9-19(20)22)30-24-12-6-5-11-21(24)23-15-17-7-1-2-8-18(17)16-26(23)30/h1-16H,(H3,28,29). The fraction of sp³-hybridized carbons (Fsp3) is 0. The van der Waals surface area contributed by atoms with E-state index in [4.69, 9.17) is 11.1 Å². The highest BCUT2D eigenvalue weighted by Crippen LogP contribution is 2.37. The number of hydrogen-bond donors (Lipinski definition) is 2. The van der Waals surface area contributed by atoms with E-state index in [0.717, 1.165) is 22.0 Å². The predicted molar refractivity (Wildman–Crippen MR) is 127 cm³/mol. The van der Waals surface area contributed by atoms with Crippen molar-refractivity contribution in [2.24, 2.45) is 5.73 Å². The fourth-order valence-electron chi connectivity index (χ4n) is 4.63. The van der Waals surface area contributed by atoms with E-state index in [2.05, 4.69) is 77.4 Å². The molecule has 0 fully saturated rings. The number of amidine groups is 1. The molecule has 0 aliphatic carbocycles. The van der Waals surface area contributed by atoms with Gasteiger partial charge in [-0.1, -0.05) is 66.7 Å². The van der Waals surface area contributed by atoms with Gasteiger partial charge in [-0.25, -0.2) is 0 Å². The summed E-state index contributed by atoms with van der Waals surface area (Å²) in [6, 6.07) is 33.8. The van der Waals surface area contributed by atoms with Crippen molar-refractivity contribution in [2.75, 3.05) is 0 Å². The summed E-state index contributed by atoms with van der Waals surface area (Å²) in [5, 5.41) is 15.0. The number of aromatic nitrogens is 1. The number of fused-ring (bicyclic) bond motifs is 5. The Balaban J connectivity index is 1.82. The van der Waals surface area contributed by atoms with E-state index in [0.29, 0.717) is 0 Å².